The average Bonchev–Trinajstić information content (AvgIpc) is 3.22. The highest BCUT2D eigenvalue weighted by atomic mass is 32.2. The molecule has 1 atom stereocenters. The van der Waals surface area contributed by atoms with Gasteiger partial charge in [0.25, 0.3) is 0 Å². The van der Waals surface area contributed by atoms with Gasteiger partial charge in [0.15, 0.2) is 10.9 Å². The first-order valence-electron chi connectivity index (χ1n) is 6.67. The zero-order valence-corrected chi connectivity index (χ0v) is 12.7. The number of para-hydroxylation sites is 1. The first-order chi connectivity index (χ1) is 10.8. The topological polar surface area (TPSA) is 78.6 Å². The maximum atomic E-state index is 11.4. The largest absolute Gasteiger partial charge is 0.464 e. The minimum Gasteiger partial charge on any atom is -0.464 e. The zero-order valence-electron chi connectivity index (χ0n) is 11.9. The molecule has 0 bridgehead atoms. The number of carbonyl (C=O) groups excluding carboxylic acids is 1. The molecule has 0 saturated carbocycles. The molecule has 0 amide bonds. The van der Waals surface area contributed by atoms with Gasteiger partial charge in [-0.2, -0.15) is 0 Å². The molecule has 0 N–H and O–H groups in total. The Morgan fingerprint density at radius 1 is 1.45 bits per heavy atom. The molecule has 2 aromatic rings. The number of ether oxygens (including phenoxy) is 1. The van der Waals surface area contributed by atoms with Gasteiger partial charge in [-0.05, 0) is 12.1 Å². The Morgan fingerprint density at radius 3 is 3.05 bits per heavy atom. The first kappa shape index (κ1) is 14.6. The predicted molar refractivity (Wildman–Crippen MR) is 81.0 cm³/mol. The maximum absolute atomic E-state index is 11.4. The molecule has 2 heterocycles. The Balaban J connectivity index is 1.60. The van der Waals surface area contributed by atoms with Gasteiger partial charge in [-0.3, -0.25) is 4.57 Å². The fourth-order valence-electron chi connectivity index (χ4n) is 2.01. The van der Waals surface area contributed by atoms with Gasteiger partial charge in [0.1, 0.15) is 12.4 Å². The fourth-order valence-corrected chi connectivity index (χ4v) is 2.92. The molecule has 0 fully saturated rings. The standard InChI is InChI=1S/C14H14N4O3S/c1-20-13(19)12-7-11(21-17-12)8-22-14-16-15-9-18(14)10-5-3-2-4-6-10/h2-6,9,11H,7-8H2,1H3/t11-/m0/s1. The number of thioether (sulfide) groups is 1. The van der Waals surface area contributed by atoms with Gasteiger partial charge < -0.3 is 9.57 Å². The van der Waals surface area contributed by atoms with E-state index in [1.807, 2.05) is 34.9 Å². The molecule has 0 radical (unpaired) electrons. The number of benzene rings is 1. The number of nitrogens with zero attached hydrogens (tertiary/aromatic N) is 4. The van der Waals surface area contributed by atoms with E-state index in [4.69, 9.17) is 4.84 Å². The highest BCUT2D eigenvalue weighted by Crippen LogP contribution is 2.23. The molecular weight excluding hydrogens is 304 g/mol. The summed E-state index contributed by atoms with van der Waals surface area (Å²) in [6.07, 6.45) is 1.95. The number of carbonyl (C=O) groups is 1. The summed E-state index contributed by atoms with van der Waals surface area (Å²) in [5.74, 6) is 0.176. The van der Waals surface area contributed by atoms with E-state index in [1.165, 1.54) is 18.9 Å². The Kier molecular flexibility index (Phi) is 4.38. The van der Waals surface area contributed by atoms with Crippen molar-refractivity contribution >= 4 is 23.4 Å². The van der Waals surface area contributed by atoms with Crippen molar-refractivity contribution in [1.82, 2.24) is 14.8 Å². The Hall–Kier alpha value is -2.35. The van der Waals surface area contributed by atoms with Crippen LogP contribution in [-0.2, 0) is 14.4 Å². The molecule has 0 saturated heterocycles. The van der Waals surface area contributed by atoms with Crippen molar-refractivity contribution in [2.45, 2.75) is 17.7 Å². The summed E-state index contributed by atoms with van der Waals surface area (Å²) in [5, 5.41) is 12.6. The number of aromatic nitrogens is 3. The van der Waals surface area contributed by atoms with E-state index in [0.717, 1.165) is 10.8 Å². The molecule has 114 valence electrons. The second-order valence-corrected chi connectivity index (χ2v) is 5.58. The number of methoxy groups -OCH3 is 1. The molecule has 1 aliphatic rings. The van der Waals surface area contributed by atoms with Gasteiger partial charge in [0.05, 0.1) is 7.11 Å². The van der Waals surface area contributed by atoms with Crippen LogP contribution in [0, 0.1) is 0 Å². The maximum Gasteiger partial charge on any atom is 0.355 e. The van der Waals surface area contributed by atoms with E-state index in [1.54, 1.807) is 6.33 Å². The lowest BCUT2D eigenvalue weighted by atomic mass is 10.2. The zero-order chi connectivity index (χ0) is 15.4. The molecule has 0 unspecified atom stereocenters. The van der Waals surface area contributed by atoms with Crippen LogP contribution >= 0.6 is 11.8 Å². The second-order valence-electron chi connectivity index (χ2n) is 4.59. The molecule has 1 aromatic heterocycles. The summed E-state index contributed by atoms with van der Waals surface area (Å²) >= 11 is 1.51. The van der Waals surface area contributed by atoms with E-state index in [-0.39, 0.29) is 6.10 Å². The lowest BCUT2D eigenvalue weighted by Gasteiger charge is -2.08. The van der Waals surface area contributed by atoms with Crippen LogP contribution in [0.25, 0.3) is 5.69 Å². The fraction of sp³-hybridized carbons (Fsp3) is 0.286. The normalized spacial score (nSPS) is 17.0. The summed E-state index contributed by atoms with van der Waals surface area (Å²) in [6.45, 7) is 0. The molecule has 0 spiro atoms. The van der Waals surface area contributed by atoms with Crippen molar-refractivity contribution in [3.63, 3.8) is 0 Å². The van der Waals surface area contributed by atoms with Crippen LogP contribution in [0.1, 0.15) is 6.42 Å². The molecule has 0 aliphatic carbocycles. The molecular formula is C14H14N4O3S. The van der Waals surface area contributed by atoms with Crippen molar-refractivity contribution in [1.29, 1.82) is 0 Å². The summed E-state index contributed by atoms with van der Waals surface area (Å²) in [5.41, 5.74) is 1.31. The van der Waals surface area contributed by atoms with Crippen LogP contribution in [0.3, 0.4) is 0 Å². The Morgan fingerprint density at radius 2 is 2.27 bits per heavy atom. The molecule has 22 heavy (non-hydrogen) atoms. The third-order valence-electron chi connectivity index (χ3n) is 3.10. The van der Waals surface area contributed by atoms with Crippen LogP contribution < -0.4 is 0 Å². The van der Waals surface area contributed by atoms with Crippen molar-refractivity contribution in [3.8, 4) is 5.69 Å². The van der Waals surface area contributed by atoms with Gasteiger partial charge in [-0.15, -0.1) is 10.2 Å². The van der Waals surface area contributed by atoms with E-state index >= 15 is 0 Å². The lowest BCUT2D eigenvalue weighted by Crippen LogP contribution is -2.18. The van der Waals surface area contributed by atoms with E-state index < -0.39 is 5.97 Å². The second kappa shape index (κ2) is 6.61. The van der Waals surface area contributed by atoms with Crippen molar-refractivity contribution < 1.29 is 14.4 Å². The van der Waals surface area contributed by atoms with Gasteiger partial charge in [0, 0.05) is 17.9 Å². The highest BCUT2D eigenvalue weighted by molar-refractivity contribution is 7.99. The minimum atomic E-state index is -0.444. The quantitative estimate of drug-likeness (QED) is 0.616. The third-order valence-corrected chi connectivity index (χ3v) is 4.18. The molecule has 7 nitrogen and oxygen atoms in total. The summed E-state index contributed by atoms with van der Waals surface area (Å²) < 4.78 is 6.53. The van der Waals surface area contributed by atoms with Gasteiger partial charge in [-0.25, -0.2) is 4.79 Å². The molecule has 1 aliphatic heterocycles. The highest BCUT2D eigenvalue weighted by Gasteiger charge is 2.27. The first-order valence-corrected chi connectivity index (χ1v) is 7.65. The van der Waals surface area contributed by atoms with Crippen LogP contribution in [0.15, 0.2) is 47.0 Å². The van der Waals surface area contributed by atoms with Gasteiger partial charge >= 0.3 is 5.97 Å². The van der Waals surface area contributed by atoms with Crippen molar-refractivity contribution in [2.24, 2.45) is 5.16 Å². The SMILES string of the molecule is COC(=O)C1=NO[C@H](CSc2nncn2-c2ccccc2)C1. The molecule has 1 aromatic carbocycles. The van der Waals surface area contributed by atoms with E-state index in [2.05, 4.69) is 20.1 Å². The Labute approximate surface area is 131 Å². The van der Waals surface area contributed by atoms with E-state index in [0.29, 0.717) is 17.9 Å². The van der Waals surface area contributed by atoms with Crippen LogP contribution in [-0.4, -0.2) is 45.4 Å². The van der Waals surface area contributed by atoms with Crippen LogP contribution in [0.5, 0.6) is 0 Å². The van der Waals surface area contributed by atoms with Crippen LogP contribution in [0.4, 0.5) is 0 Å². The molecule has 8 heteroatoms. The number of hydrogen-bond acceptors (Lipinski definition) is 7. The summed E-state index contributed by atoms with van der Waals surface area (Å²) in [7, 11) is 1.33. The minimum absolute atomic E-state index is 0.167. The average molecular weight is 318 g/mol. The van der Waals surface area contributed by atoms with Crippen LogP contribution in [0.2, 0.25) is 0 Å². The monoisotopic (exact) mass is 318 g/mol. The van der Waals surface area contributed by atoms with Crippen molar-refractivity contribution in [3.05, 3.63) is 36.7 Å². The van der Waals surface area contributed by atoms with Gasteiger partial charge in [-0.1, -0.05) is 35.1 Å². The third kappa shape index (κ3) is 3.11. The molecule has 3 rings (SSSR count). The number of hydrogen-bond donors (Lipinski definition) is 0. The lowest BCUT2D eigenvalue weighted by molar-refractivity contribution is -0.132. The van der Waals surface area contributed by atoms with Crippen molar-refractivity contribution in [2.75, 3.05) is 12.9 Å². The number of esters is 1. The number of rotatable bonds is 5. The summed E-state index contributed by atoms with van der Waals surface area (Å²) in [6, 6.07) is 9.84. The number of oxime groups is 1. The van der Waals surface area contributed by atoms with Gasteiger partial charge in [0.2, 0.25) is 0 Å². The smallest absolute Gasteiger partial charge is 0.355 e. The predicted octanol–water partition coefficient (Wildman–Crippen LogP) is 1.68. The summed E-state index contributed by atoms with van der Waals surface area (Å²) in [4.78, 5) is 16.6. The van der Waals surface area contributed by atoms with E-state index in [9.17, 15) is 4.79 Å². The Bertz CT molecular complexity index is 686.